The summed E-state index contributed by atoms with van der Waals surface area (Å²) in [6.07, 6.45) is 6.20. The zero-order valence-corrected chi connectivity index (χ0v) is 9.17. The number of likely N-dealkylation sites (tertiary alicyclic amines) is 1. The van der Waals surface area contributed by atoms with E-state index in [1.807, 2.05) is 4.90 Å². The highest BCUT2D eigenvalue weighted by molar-refractivity contribution is 5.76. The van der Waals surface area contributed by atoms with Gasteiger partial charge in [0.1, 0.15) is 0 Å². The lowest BCUT2D eigenvalue weighted by molar-refractivity contribution is -0.131. The van der Waals surface area contributed by atoms with Crippen molar-refractivity contribution in [2.75, 3.05) is 13.1 Å². The summed E-state index contributed by atoms with van der Waals surface area (Å²) in [5, 5.41) is 0. The molecule has 0 saturated carbocycles. The molecule has 14 heavy (non-hydrogen) atoms. The summed E-state index contributed by atoms with van der Waals surface area (Å²) < 4.78 is 0. The molecule has 0 aromatic rings. The van der Waals surface area contributed by atoms with Crippen molar-refractivity contribution < 1.29 is 4.79 Å². The molecule has 0 radical (unpaired) electrons. The van der Waals surface area contributed by atoms with Crippen molar-refractivity contribution in [3.8, 4) is 0 Å². The van der Waals surface area contributed by atoms with Crippen LogP contribution in [0.25, 0.3) is 0 Å². The second kappa shape index (κ2) is 6.02. The molecular formula is C11H22N2O. The third-order valence-electron chi connectivity index (χ3n) is 2.97. The lowest BCUT2D eigenvalue weighted by Gasteiger charge is -2.21. The number of nitrogens with two attached hydrogens (primary N) is 1. The van der Waals surface area contributed by atoms with E-state index < -0.39 is 0 Å². The van der Waals surface area contributed by atoms with Crippen LogP contribution in [-0.2, 0) is 4.79 Å². The van der Waals surface area contributed by atoms with Gasteiger partial charge < -0.3 is 10.6 Å². The smallest absolute Gasteiger partial charge is 0.222 e. The molecule has 1 atom stereocenters. The normalized spacial score (nSPS) is 21.6. The first-order valence-corrected chi connectivity index (χ1v) is 5.75. The van der Waals surface area contributed by atoms with Gasteiger partial charge in [0.15, 0.2) is 0 Å². The third-order valence-corrected chi connectivity index (χ3v) is 2.97. The van der Waals surface area contributed by atoms with Crippen LogP contribution in [-0.4, -0.2) is 29.9 Å². The number of rotatable bonds is 5. The maximum atomic E-state index is 11.7. The van der Waals surface area contributed by atoms with Crippen molar-refractivity contribution in [2.24, 2.45) is 5.73 Å². The number of amides is 1. The molecule has 1 aliphatic rings. The number of carbonyl (C=O) groups is 1. The summed E-state index contributed by atoms with van der Waals surface area (Å²) in [7, 11) is 0. The van der Waals surface area contributed by atoms with Gasteiger partial charge in [-0.15, -0.1) is 0 Å². The van der Waals surface area contributed by atoms with Gasteiger partial charge in [0.25, 0.3) is 0 Å². The second-order valence-corrected chi connectivity index (χ2v) is 4.18. The summed E-state index contributed by atoms with van der Waals surface area (Å²) in [6.45, 7) is 3.86. The van der Waals surface area contributed by atoms with Crippen molar-refractivity contribution in [2.45, 2.75) is 51.5 Å². The lowest BCUT2D eigenvalue weighted by atomic mass is 10.1. The number of unbranched alkanes of at least 4 members (excludes halogenated alkanes) is 2. The molecule has 1 heterocycles. The molecule has 3 heteroatoms. The fraction of sp³-hybridized carbons (Fsp3) is 0.909. The molecule has 0 spiro atoms. The first kappa shape index (κ1) is 11.5. The van der Waals surface area contributed by atoms with E-state index in [2.05, 4.69) is 6.92 Å². The predicted octanol–water partition coefficient (Wildman–Crippen LogP) is 1.52. The Balaban J connectivity index is 2.14. The zero-order chi connectivity index (χ0) is 10.4. The molecule has 0 aromatic carbocycles. The highest BCUT2D eigenvalue weighted by Gasteiger charge is 2.23. The Bertz CT molecular complexity index is 182. The highest BCUT2D eigenvalue weighted by Crippen LogP contribution is 2.18. The first-order valence-electron chi connectivity index (χ1n) is 5.75. The third kappa shape index (κ3) is 3.29. The Morgan fingerprint density at radius 2 is 2.21 bits per heavy atom. The molecule has 82 valence electrons. The Hall–Kier alpha value is -0.570. The van der Waals surface area contributed by atoms with E-state index in [1.165, 1.54) is 12.8 Å². The summed E-state index contributed by atoms with van der Waals surface area (Å²) in [5.41, 5.74) is 5.39. The number of hydrogen-bond donors (Lipinski definition) is 1. The molecule has 2 N–H and O–H groups in total. The van der Waals surface area contributed by atoms with Gasteiger partial charge in [0, 0.05) is 19.0 Å². The standard InChI is InChI=1S/C11H22N2O/c1-10-6-5-9-13(10)11(14)7-3-2-4-8-12/h10H,2-9,12H2,1H3. The van der Waals surface area contributed by atoms with E-state index >= 15 is 0 Å². The van der Waals surface area contributed by atoms with Crippen LogP contribution in [0.5, 0.6) is 0 Å². The van der Waals surface area contributed by atoms with Crippen molar-refractivity contribution in [3.63, 3.8) is 0 Å². The summed E-state index contributed by atoms with van der Waals surface area (Å²) >= 11 is 0. The number of nitrogens with zero attached hydrogens (tertiary/aromatic N) is 1. The van der Waals surface area contributed by atoms with Crippen LogP contribution in [0.2, 0.25) is 0 Å². The molecule has 1 saturated heterocycles. The van der Waals surface area contributed by atoms with Gasteiger partial charge in [-0.05, 0) is 39.2 Å². The maximum absolute atomic E-state index is 11.7. The average molecular weight is 198 g/mol. The Morgan fingerprint density at radius 3 is 2.79 bits per heavy atom. The first-order chi connectivity index (χ1) is 6.75. The van der Waals surface area contributed by atoms with Gasteiger partial charge in [-0.3, -0.25) is 4.79 Å². The van der Waals surface area contributed by atoms with E-state index in [4.69, 9.17) is 5.73 Å². The molecular weight excluding hydrogens is 176 g/mol. The molecule has 0 aromatic heterocycles. The van der Waals surface area contributed by atoms with E-state index in [9.17, 15) is 4.79 Å². The summed E-state index contributed by atoms with van der Waals surface area (Å²) in [4.78, 5) is 13.7. The van der Waals surface area contributed by atoms with Gasteiger partial charge in [-0.2, -0.15) is 0 Å². The Labute approximate surface area is 86.6 Å². The zero-order valence-electron chi connectivity index (χ0n) is 9.17. The van der Waals surface area contributed by atoms with Crippen LogP contribution in [0.15, 0.2) is 0 Å². The Kier molecular flexibility index (Phi) is 4.94. The molecule has 0 bridgehead atoms. The van der Waals surface area contributed by atoms with Crippen molar-refractivity contribution >= 4 is 5.91 Å². The number of carbonyl (C=O) groups excluding carboxylic acids is 1. The van der Waals surface area contributed by atoms with Gasteiger partial charge in [0.05, 0.1) is 0 Å². The summed E-state index contributed by atoms with van der Waals surface area (Å²) in [5.74, 6) is 0.340. The fourth-order valence-electron chi connectivity index (χ4n) is 2.04. The SMILES string of the molecule is CC1CCCN1C(=O)CCCCCN. The maximum Gasteiger partial charge on any atom is 0.222 e. The average Bonchev–Trinajstić information content (AvgIpc) is 2.59. The minimum absolute atomic E-state index is 0.340. The van der Waals surface area contributed by atoms with Gasteiger partial charge in [-0.1, -0.05) is 6.42 Å². The quantitative estimate of drug-likeness (QED) is 0.681. The largest absolute Gasteiger partial charge is 0.340 e. The monoisotopic (exact) mass is 198 g/mol. The van der Waals surface area contributed by atoms with Crippen LogP contribution in [0.3, 0.4) is 0 Å². The van der Waals surface area contributed by atoms with Gasteiger partial charge in [0.2, 0.25) is 5.91 Å². The highest BCUT2D eigenvalue weighted by atomic mass is 16.2. The van der Waals surface area contributed by atoms with Crippen LogP contribution >= 0.6 is 0 Å². The van der Waals surface area contributed by atoms with Crippen LogP contribution in [0, 0.1) is 0 Å². The molecule has 1 fully saturated rings. The van der Waals surface area contributed by atoms with E-state index in [-0.39, 0.29) is 0 Å². The lowest BCUT2D eigenvalue weighted by Crippen LogP contribution is -2.33. The van der Waals surface area contributed by atoms with Crippen molar-refractivity contribution in [1.29, 1.82) is 0 Å². The molecule has 1 unspecified atom stereocenters. The van der Waals surface area contributed by atoms with Crippen LogP contribution in [0.1, 0.15) is 45.4 Å². The minimum Gasteiger partial charge on any atom is -0.340 e. The van der Waals surface area contributed by atoms with Crippen molar-refractivity contribution in [3.05, 3.63) is 0 Å². The van der Waals surface area contributed by atoms with Gasteiger partial charge >= 0.3 is 0 Å². The van der Waals surface area contributed by atoms with E-state index in [0.29, 0.717) is 18.4 Å². The molecule has 1 amide bonds. The molecule has 0 aliphatic carbocycles. The van der Waals surface area contributed by atoms with E-state index in [0.717, 1.165) is 32.4 Å². The molecule has 1 aliphatic heterocycles. The second-order valence-electron chi connectivity index (χ2n) is 4.18. The Morgan fingerprint density at radius 1 is 1.43 bits per heavy atom. The molecule has 3 nitrogen and oxygen atoms in total. The fourth-order valence-corrected chi connectivity index (χ4v) is 2.04. The van der Waals surface area contributed by atoms with Crippen LogP contribution in [0.4, 0.5) is 0 Å². The molecule has 1 rings (SSSR count). The number of hydrogen-bond acceptors (Lipinski definition) is 2. The minimum atomic E-state index is 0.340. The topological polar surface area (TPSA) is 46.3 Å². The van der Waals surface area contributed by atoms with Crippen LogP contribution < -0.4 is 5.73 Å². The predicted molar refractivity (Wildman–Crippen MR) is 57.9 cm³/mol. The van der Waals surface area contributed by atoms with Crippen molar-refractivity contribution in [1.82, 2.24) is 4.90 Å². The summed E-state index contributed by atoms with van der Waals surface area (Å²) in [6, 6.07) is 0.469. The van der Waals surface area contributed by atoms with Gasteiger partial charge in [-0.25, -0.2) is 0 Å². The van der Waals surface area contributed by atoms with E-state index in [1.54, 1.807) is 0 Å².